The highest BCUT2D eigenvalue weighted by molar-refractivity contribution is 5.97. The molecule has 4 aromatic rings. The molecule has 8 heteroatoms. The first-order chi connectivity index (χ1) is 16.5. The largest absolute Gasteiger partial charge is 0.489 e. The quantitative estimate of drug-likeness (QED) is 0.355. The molecule has 0 atom stereocenters. The van der Waals surface area contributed by atoms with E-state index < -0.39 is 11.9 Å². The molecule has 0 bridgehead atoms. The molecule has 0 unspecified atom stereocenters. The predicted molar refractivity (Wildman–Crippen MR) is 124 cm³/mol. The SMILES string of the molecule is N#Cc1cccc(-c2nc(OCc3ccccc3)c3cc(F)ccc3c2OCCNC(=O)O)c1. The summed E-state index contributed by atoms with van der Waals surface area (Å²) in [6, 6.07) is 22.7. The number of hydrogen-bond donors (Lipinski definition) is 2. The minimum Gasteiger partial charge on any atom is -0.489 e. The van der Waals surface area contributed by atoms with Gasteiger partial charge in [-0.05, 0) is 35.9 Å². The molecule has 0 spiro atoms. The van der Waals surface area contributed by atoms with Gasteiger partial charge in [0, 0.05) is 10.9 Å². The zero-order chi connectivity index (χ0) is 23.9. The molecule has 0 aliphatic carbocycles. The first-order valence-corrected chi connectivity index (χ1v) is 10.5. The van der Waals surface area contributed by atoms with Gasteiger partial charge in [-0.3, -0.25) is 0 Å². The number of amides is 1. The van der Waals surface area contributed by atoms with Crippen molar-refractivity contribution in [1.82, 2.24) is 10.3 Å². The smallest absolute Gasteiger partial charge is 0.404 e. The molecule has 1 heterocycles. The van der Waals surface area contributed by atoms with Crippen LogP contribution in [0.15, 0.2) is 72.8 Å². The van der Waals surface area contributed by atoms with Crippen molar-refractivity contribution in [3.63, 3.8) is 0 Å². The number of ether oxygens (including phenoxy) is 2. The molecular formula is C26H20FN3O4. The fraction of sp³-hybridized carbons (Fsp3) is 0.115. The zero-order valence-corrected chi connectivity index (χ0v) is 18.0. The summed E-state index contributed by atoms with van der Waals surface area (Å²) in [6.45, 7) is 0.289. The average Bonchev–Trinajstić information content (AvgIpc) is 2.86. The Labute approximate surface area is 195 Å². The highest BCUT2D eigenvalue weighted by Gasteiger charge is 2.19. The van der Waals surface area contributed by atoms with Gasteiger partial charge in [-0.25, -0.2) is 14.2 Å². The van der Waals surface area contributed by atoms with E-state index in [9.17, 15) is 14.4 Å². The average molecular weight is 457 g/mol. The summed E-state index contributed by atoms with van der Waals surface area (Å²) in [7, 11) is 0. The van der Waals surface area contributed by atoms with Gasteiger partial charge in [0.05, 0.1) is 23.6 Å². The molecule has 2 N–H and O–H groups in total. The second kappa shape index (κ2) is 10.3. The Morgan fingerprint density at radius 1 is 1.03 bits per heavy atom. The number of benzene rings is 3. The van der Waals surface area contributed by atoms with Gasteiger partial charge in [0.1, 0.15) is 24.7 Å². The normalized spacial score (nSPS) is 10.5. The third-order valence-corrected chi connectivity index (χ3v) is 4.99. The summed E-state index contributed by atoms with van der Waals surface area (Å²) < 4.78 is 26.1. The van der Waals surface area contributed by atoms with Crippen LogP contribution in [0.25, 0.3) is 22.0 Å². The topological polar surface area (TPSA) is 104 Å². The monoisotopic (exact) mass is 457 g/mol. The van der Waals surface area contributed by atoms with Crippen molar-refractivity contribution in [1.29, 1.82) is 5.26 Å². The third-order valence-electron chi connectivity index (χ3n) is 4.99. The molecule has 0 aliphatic rings. The Kier molecular flexibility index (Phi) is 6.84. The van der Waals surface area contributed by atoms with Gasteiger partial charge < -0.3 is 19.9 Å². The number of carbonyl (C=O) groups is 1. The maximum atomic E-state index is 14.2. The molecule has 0 radical (unpaired) electrons. The van der Waals surface area contributed by atoms with E-state index >= 15 is 0 Å². The lowest BCUT2D eigenvalue weighted by molar-refractivity contribution is 0.191. The van der Waals surface area contributed by atoms with Crippen molar-refractivity contribution in [2.24, 2.45) is 0 Å². The highest BCUT2D eigenvalue weighted by atomic mass is 19.1. The summed E-state index contributed by atoms with van der Waals surface area (Å²) in [6.07, 6.45) is -1.17. The molecule has 0 saturated carbocycles. The van der Waals surface area contributed by atoms with Gasteiger partial charge in [0.2, 0.25) is 5.88 Å². The van der Waals surface area contributed by atoms with Crippen molar-refractivity contribution < 1.29 is 23.8 Å². The zero-order valence-electron chi connectivity index (χ0n) is 18.0. The first-order valence-electron chi connectivity index (χ1n) is 10.5. The van der Waals surface area contributed by atoms with Gasteiger partial charge in [0.25, 0.3) is 0 Å². The van der Waals surface area contributed by atoms with Crippen LogP contribution >= 0.6 is 0 Å². The van der Waals surface area contributed by atoms with E-state index in [1.807, 2.05) is 30.3 Å². The van der Waals surface area contributed by atoms with Crippen LogP contribution in [0.5, 0.6) is 11.6 Å². The lowest BCUT2D eigenvalue weighted by atomic mass is 10.0. The minimum atomic E-state index is -1.17. The molecule has 7 nitrogen and oxygen atoms in total. The first kappa shape index (κ1) is 22.6. The fourth-order valence-electron chi connectivity index (χ4n) is 3.46. The Morgan fingerprint density at radius 2 is 1.85 bits per heavy atom. The number of nitrogens with zero attached hydrogens (tertiary/aromatic N) is 2. The second-order valence-electron chi connectivity index (χ2n) is 7.33. The Balaban J connectivity index is 1.82. The van der Waals surface area contributed by atoms with Crippen LogP contribution in [0, 0.1) is 17.1 Å². The van der Waals surface area contributed by atoms with Crippen LogP contribution in [0.4, 0.5) is 9.18 Å². The van der Waals surface area contributed by atoms with Crippen LogP contribution < -0.4 is 14.8 Å². The van der Waals surface area contributed by atoms with Crippen molar-refractivity contribution in [3.8, 4) is 29.0 Å². The highest BCUT2D eigenvalue weighted by Crippen LogP contribution is 2.40. The summed E-state index contributed by atoms with van der Waals surface area (Å²) in [5.74, 6) is 0.0904. The number of pyridine rings is 1. The van der Waals surface area contributed by atoms with Gasteiger partial charge in [-0.15, -0.1) is 0 Å². The standard InChI is InChI=1S/C26H20FN3O4/c27-20-9-10-21-22(14-20)25(34-16-17-5-2-1-3-6-17)30-23(19-8-4-7-18(13-19)15-28)24(21)33-12-11-29-26(31)32/h1-10,13-14,29H,11-12,16H2,(H,31,32). The summed E-state index contributed by atoms with van der Waals surface area (Å²) in [5, 5.41) is 21.4. The van der Waals surface area contributed by atoms with Gasteiger partial charge >= 0.3 is 6.09 Å². The van der Waals surface area contributed by atoms with Crippen LogP contribution in [0.2, 0.25) is 0 Å². The maximum Gasteiger partial charge on any atom is 0.404 e. The van der Waals surface area contributed by atoms with Gasteiger partial charge in [-0.1, -0.05) is 42.5 Å². The summed E-state index contributed by atoms with van der Waals surface area (Å²) in [5.41, 5.74) is 2.36. The number of nitrogens with one attached hydrogen (secondary N) is 1. The van der Waals surface area contributed by atoms with E-state index in [2.05, 4.69) is 16.4 Å². The van der Waals surface area contributed by atoms with E-state index in [4.69, 9.17) is 14.6 Å². The number of carboxylic acid groups (broad SMARTS) is 1. The lowest BCUT2D eigenvalue weighted by Crippen LogP contribution is -2.26. The predicted octanol–water partition coefficient (Wildman–Crippen LogP) is 5.14. The molecule has 3 aromatic carbocycles. The number of halogens is 1. The number of fused-ring (bicyclic) bond motifs is 1. The van der Waals surface area contributed by atoms with E-state index in [1.54, 1.807) is 30.3 Å². The van der Waals surface area contributed by atoms with Crippen LogP contribution in [0.3, 0.4) is 0 Å². The number of nitriles is 1. The maximum absolute atomic E-state index is 14.2. The van der Waals surface area contributed by atoms with E-state index in [0.717, 1.165) is 5.56 Å². The summed E-state index contributed by atoms with van der Waals surface area (Å²) >= 11 is 0. The molecule has 1 amide bonds. The number of aromatic nitrogens is 1. The third kappa shape index (κ3) is 5.22. The Bertz CT molecular complexity index is 1370. The van der Waals surface area contributed by atoms with Crippen LogP contribution in [0.1, 0.15) is 11.1 Å². The fourth-order valence-corrected chi connectivity index (χ4v) is 3.46. The Morgan fingerprint density at radius 3 is 2.62 bits per heavy atom. The lowest BCUT2D eigenvalue weighted by Gasteiger charge is -2.17. The van der Waals surface area contributed by atoms with Gasteiger partial charge in [-0.2, -0.15) is 5.26 Å². The van der Waals surface area contributed by atoms with Crippen LogP contribution in [-0.4, -0.2) is 29.3 Å². The second-order valence-corrected chi connectivity index (χ2v) is 7.33. The van der Waals surface area contributed by atoms with E-state index in [1.165, 1.54) is 12.1 Å². The van der Waals surface area contributed by atoms with Crippen LogP contribution in [-0.2, 0) is 6.61 Å². The van der Waals surface area contributed by atoms with Crippen molar-refractivity contribution >= 4 is 16.9 Å². The molecule has 170 valence electrons. The molecule has 0 fully saturated rings. The number of hydrogen-bond acceptors (Lipinski definition) is 5. The molecular weight excluding hydrogens is 437 g/mol. The summed E-state index contributed by atoms with van der Waals surface area (Å²) in [4.78, 5) is 15.4. The van der Waals surface area contributed by atoms with Crippen molar-refractivity contribution in [2.45, 2.75) is 6.61 Å². The van der Waals surface area contributed by atoms with Gasteiger partial charge in [0.15, 0.2) is 5.75 Å². The van der Waals surface area contributed by atoms with Crippen molar-refractivity contribution in [2.75, 3.05) is 13.2 Å². The molecule has 4 rings (SSSR count). The van der Waals surface area contributed by atoms with E-state index in [-0.39, 0.29) is 25.6 Å². The number of rotatable bonds is 8. The van der Waals surface area contributed by atoms with Crippen molar-refractivity contribution in [3.05, 3.63) is 89.7 Å². The minimum absolute atomic E-state index is 0.0234. The molecule has 34 heavy (non-hydrogen) atoms. The molecule has 1 aromatic heterocycles. The molecule has 0 aliphatic heterocycles. The van der Waals surface area contributed by atoms with E-state index in [0.29, 0.717) is 33.3 Å². The Hall–Kier alpha value is -4.64. The molecule has 0 saturated heterocycles.